The summed E-state index contributed by atoms with van der Waals surface area (Å²) in [7, 11) is 0. The summed E-state index contributed by atoms with van der Waals surface area (Å²) >= 11 is 0. The second-order valence-electron chi connectivity index (χ2n) is 3.34. The molecule has 2 aliphatic rings. The van der Waals surface area contributed by atoms with Crippen molar-refractivity contribution in [3.63, 3.8) is 0 Å². The maximum Gasteiger partial charge on any atom is 0.364 e. The van der Waals surface area contributed by atoms with Gasteiger partial charge in [0.15, 0.2) is 11.7 Å². The second-order valence-corrected chi connectivity index (χ2v) is 3.34. The van der Waals surface area contributed by atoms with Crippen LogP contribution < -0.4 is 0 Å². The third-order valence-electron chi connectivity index (χ3n) is 2.07. The Morgan fingerprint density at radius 2 is 1.33 bits per heavy atom. The van der Waals surface area contributed by atoms with E-state index in [1.807, 2.05) is 0 Å². The topological polar surface area (TPSA) is 0 Å². The minimum Gasteiger partial charge on any atom is -0.232 e. The highest BCUT2D eigenvalue weighted by Crippen LogP contribution is 2.50. The van der Waals surface area contributed by atoms with E-state index in [0.29, 0.717) is 0 Å². The zero-order valence-electron chi connectivity index (χ0n) is 7.93. The van der Waals surface area contributed by atoms with Gasteiger partial charge in [-0.3, -0.25) is 0 Å². The molecule has 0 aromatic rings. The molecule has 0 spiro atoms. The minimum atomic E-state index is -4.56. The molecule has 2 aliphatic carbocycles. The van der Waals surface area contributed by atoms with Crippen LogP contribution in [0.5, 0.6) is 0 Å². The Kier molecular flexibility index (Phi) is 3.20. The van der Waals surface area contributed by atoms with Crippen LogP contribution in [-0.4, -0.2) is 23.9 Å². The summed E-state index contributed by atoms with van der Waals surface area (Å²) in [4.78, 5) is 0. The van der Waals surface area contributed by atoms with Gasteiger partial charge >= 0.3 is 17.8 Å². The fourth-order valence-electron chi connectivity index (χ4n) is 0.885. The molecule has 0 aromatic heterocycles. The molecule has 2 rings (SSSR count). The van der Waals surface area contributed by atoms with E-state index in [4.69, 9.17) is 0 Å². The molecular weight excluding hydrogens is 286 g/mol. The Morgan fingerprint density at radius 3 is 1.39 bits per heavy atom. The number of halogens is 10. The van der Waals surface area contributed by atoms with E-state index in [1.54, 1.807) is 0 Å². The highest BCUT2D eigenvalue weighted by molar-refractivity contribution is 5.30. The zero-order chi connectivity index (χ0) is 14.5. The van der Waals surface area contributed by atoms with E-state index in [2.05, 4.69) is 0 Å². The summed E-state index contributed by atoms with van der Waals surface area (Å²) in [6.07, 6.45) is -3.47. The molecule has 10 heteroatoms. The van der Waals surface area contributed by atoms with Crippen LogP contribution in [0.1, 0.15) is 0 Å². The molecule has 1 atom stereocenters. The molecule has 0 nitrogen and oxygen atoms in total. The van der Waals surface area contributed by atoms with Gasteiger partial charge in [-0.25, -0.2) is 17.6 Å². The Bertz CT molecular complexity index is 416. The van der Waals surface area contributed by atoms with E-state index in [1.165, 1.54) is 0 Å². The van der Waals surface area contributed by atoms with Gasteiger partial charge in [-0.1, -0.05) is 0 Å². The lowest BCUT2D eigenvalue weighted by atomic mass is 9.99. The smallest absolute Gasteiger partial charge is 0.232 e. The second kappa shape index (κ2) is 3.89. The van der Waals surface area contributed by atoms with Crippen molar-refractivity contribution in [2.24, 2.45) is 0 Å². The summed E-state index contributed by atoms with van der Waals surface area (Å²) in [5.74, 6) is -19.4. The van der Waals surface area contributed by atoms with Crippen LogP contribution in [-0.2, 0) is 0 Å². The molecule has 0 radical (unpaired) electrons. The lowest BCUT2D eigenvalue weighted by molar-refractivity contribution is -0.193. The first kappa shape index (κ1) is 14.8. The largest absolute Gasteiger partial charge is 0.364 e. The monoisotopic (exact) mass is 288 g/mol. The molecule has 0 saturated heterocycles. The van der Waals surface area contributed by atoms with Crippen molar-refractivity contribution in [3.05, 3.63) is 23.6 Å². The third-order valence-corrected chi connectivity index (χ3v) is 2.07. The van der Waals surface area contributed by atoms with Gasteiger partial charge in [0.2, 0.25) is 12.0 Å². The average Bonchev–Trinajstić information content (AvgIpc) is 2.26. The Labute approximate surface area is 92.6 Å². The molecule has 0 amide bonds. The maximum atomic E-state index is 11.5. The molecule has 18 heavy (non-hydrogen) atoms. The number of allylic oxidation sites excluding steroid dienone is 4. The molecule has 0 bridgehead atoms. The SMILES string of the molecule is FC1=C(F)C(F)(F)C1F.FC1=CC(F)(F)C1(F)F. The van der Waals surface area contributed by atoms with Gasteiger partial charge in [0, 0.05) is 6.08 Å². The summed E-state index contributed by atoms with van der Waals surface area (Å²) in [6, 6.07) is 0. The Balaban J connectivity index is 0.000000180. The molecule has 0 heterocycles. The Hall–Kier alpha value is -1.22. The first-order valence-electron chi connectivity index (χ1n) is 4.07. The highest BCUT2D eigenvalue weighted by Gasteiger charge is 2.66. The average molecular weight is 288 g/mol. The van der Waals surface area contributed by atoms with Gasteiger partial charge in [0.25, 0.3) is 0 Å². The quantitative estimate of drug-likeness (QED) is 0.585. The predicted octanol–water partition coefficient (Wildman–Crippen LogP) is 4.25. The van der Waals surface area contributed by atoms with Crippen LogP contribution in [0.15, 0.2) is 23.6 Å². The standard InChI is InChI=1S/2C4HF5/c5-2-1-3(6,7)4(2,8)9;5-1-2(6)4(8,9)3(1)7/h1H;2H. The molecule has 0 aliphatic heterocycles. The molecule has 1 unspecified atom stereocenters. The van der Waals surface area contributed by atoms with Crippen molar-refractivity contribution in [3.8, 4) is 0 Å². The fourth-order valence-corrected chi connectivity index (χ4v) is 0.885. The molecule has 0 saturated carbocycles. The lowest BCUT2D eigenvalue weighted by Gasteiger charge is -2.29. The summed E-state index contributed by atoms with van der Waals surface area (Å²) in [5, 5.41) is 0. The summed E-state index contributed by atoms with van der Waals surface area (Å²) in [6.45, 7) is 0. The number of alkyl halides is 7. The van der Waals surface area contributed by atoms with Gasteiger partial charge in [-0.05, 0) is 0 Å². The first-order chi connectivity index (χ1) is 7.85. The highest BCUT2D eigenvalue weighted by atomic mass is 19.3. The van der Waals surface area contributed by atoms with E-state index < -0.39 is 47.5 Å². The summed E-state index contributed by atoms with van der Waals surface area (Å²) < 4.78 is 115. The molecule has 0 fully saturated rings. The van der Waals surface area contributed by atoms with Crippen LogP contribution in [0, 0.1) is 0 Å². The van der Waals surface area contributed by atoms with Crippen LogP contribution in [0.25, 0.3) is 0 Å². The number of hydrogen-bond donors (Lipinski definition) is 0. The Morgan fingerprint density at radius 1 is 0.889 bits per heavy atom. The van der Waals surface area contributed by atoms with Crippen LogP contribution in [0.3, 0.4) is 0 Å². The van der Waals surface area contributed by atoms with Gasteiger partial charge in [-0.2, -0.15) is 26.3 Å². The molecular formula is C8H2F10. The fraction of sp³-hybridized carbons (Fsp3) is 0.500. The van der Waals surface area contributed by atoms with Crippen molar-refractivity contribution in [1.29, 1.82) is 0 Å². The summed E-state index contributed by atoms with van der Waals surface area (Å²) in [5.41, 5.74) is 0. The van der Waals surface area contributed by atoms with Crippen molar-refractivity contribution < 1.29 is 43.9 Å². The van der Waals surface area contributed by atoms with Crippen molar-refractivity contribution in [2.75, 3.05) is 0 Å². The van der Waals surface area contributed by atoms with Crippen LogP contribution in [0.4, 0.5) is 43.9 Å². The number of hydrogen-bond acceptors (Lipinski definition) is 0. The first-order valence-corrected chi connectivity index (χ1v) is 4.07. The predicted molar refractivity (Wildman–Crippen MR) is 38.2 cm³/mol. The van der Waals surface area contributed by atoms with Crippen LogP contribution >= 0.6 is 0 Å². The molecule has 104 valence electrons. The molecule has 0 aromatic carbocycles. The minimum absolute atomic E-state index is 0.396. The van der Waals surface area contributed by atoms with E-state index in [9.17, 15) is 43.9 Å². The van der Waals surface area contributed by atoms with Crippen molar-refractivity contribution in [1.82, 2.24) is 0 Å². The number of rotatable bonds is 0. The van der Waals surface area contributed by atoms with E-state index >= 15 is 0 Å². The maximum absolute atomic E-state index is 11.5. The van der Waals surface area contributed by atoms with Crippen molar-refractivity contribution >= 4 is 0 Å². The normalized spacial score (nSPS) is 30.6. The van der Waals surface area contributed by atoms with Gasteiger partial charge in [0.1, 0.15) is 0 Å². The third kappa shape index (κ3) is 1.87. The lowest BCUT2D eigenvalue weighted by Crippen LogP contribution is -2.47. The molecule has 0 N–H and O–H groups in total. The van der Waals surface area contributed by atoms with Crippen molar-refractivity contribution in [2.45, 2.75) is 23.9 Å². The van der Waals surface area contributed by atoms with E-state index in [-0.39, 0.29) is 0 Å². The van der Waals surface area contributed by atoms with Crippen LogP contribution in [0.2, 0.25) is 0 Å². The van der Waals surface area contributed by atoms with Gasteiger partial charge < -0.3 is 0 Å². The van der Waals surface area contributed by atoms with Gasteiger partial charge in [0.05, 0.1) is 0 Å². The zero-order valence-corrected chi connectivity index (χ0v) is 7.93. The van der Waals surface area contributed by atoms with E-state index in [0.717, 1.165) is 0 Å². The van der Waals surface area contributed by atoms with Gasteiger partial charge in [-0.15, -0.1) is 0 Å².